The van der Waals surface area contributed by atoms with Crippen LogP contribution in [0.4, 0.5) is 35.1 Å². The Labute approximate surface area is 210 Å². The molecule has 0 atom stereocenters. The molecule has 0 aliphatic heterocycles. The average Bonchev–Trinajstić information content (AvgIpc) is 3.34. The maximum Gasteiger partial charge on any atom is 0.432 e. The molecule has 4 aromatic rings. The van der Waals surface area contributed by atoms with E-state index in [1.165, 1.54) is 37.4 Å². The molecule has 0 aliphatic carbocycles. The molecular formula is C25H18F8N4O. The Morgan fingerprint density at radius 1 is 0.763 bits per heavy atom. The van der Waals surface area contributed by atoms with E-state index in [0.717, 1.165) is 12.1 Å². The molecule has 0 bridgehead atoms. The first-order valence-electron chi connectivity index (χ1n) is 10.9. The predicted octanol–water partition coefficient (Wildman–Crippen LogP) is 7.18. The van der Waals surface area contributed by atoms with Gasteiger partial charge in [0.15, 0.2) is 0 Å². The quantitative estimate of drug-likeness (QED) is 0.271. The molecule has 5 nitrogen and oxygen atoms in total. The van der Waals surface area contributed by atoms with Crippen molar-refractivity contribution >= 4 is 0 Å². The summed E-state index contributed by atoms with van der Waals surface area (Å²) in [6, 6.07) is 9.26. The minimum Gasteiger partial charge on any atom is -0.497 e. The minimum absolute atomic E-state index is 0.0507. The highest BCUT2D eigenvalue weighted by Gasteiger charge is 2.39. The molecule has 3 heterocycles. The number of aromatic amines is 1. The van der Waals surface area contributed by atoms with E-state index in [4.69, 9.17) is 4.74 Å². The van der Waals surface area contributed by atoms with Crippen molar-refractivity contribution in [3.8, 4) is 28.4 Å². The van der Waals surface area contributed by atoms with Crippen molar-refractivity contribution in [3.63, 3.8) is 0 Å². The molecule has 38 heavy (non-hydrogen) atoms. The van der Waals surface area contributed by atoms with E-state index in [-0.39, 0.29) is 34.2 Å². The lowest BCUT2D eigenvalue weighted by atomic mass is 9.84. The van der Waals surface area contributed by atoms with Gasteiger partial charge in [0.2, 0.25) is 0 Å². The first-order valence-corrected chi connectivity index (χ1v) is 10.9. The van der Waals surface area contributed by atoms with Gasteiger partial charge in [-0.05, 0) is 44.2 Å². The Bertz CT molecular complexity index is 1490. The van der Waals surface area contributed by atoms with Crippen molar-refractivity contribution in [1.82, 2.24) is 20.2 Å². The number of benzene rings is 1. The van der Waals surface area contributed by atoms with Gasteiger partial charge in [-0.15, -0.1) is 0 Å². The van der Waals surface area contributed by atoms with Crippen molar-refractivity contribution < 1.29 is 39.9 Å². The van der Waals surface area contributed by atoms with Gasteiger partial charge in [-0.3, -0.25) is 10.1 Å². The number of alkyl halides is 6. The molecule has 0 fully saturated rings. The minimum atomic E-state index is -5.26. The largest absolute Gasteiger partial charge is 0.497 e. The van der Waals surface area contributed by atoms with E-state index in [9.17, 15) is 35.1 Å². The van der Waals surface area contributed by atoms with Gasteiger partial charge in [-0.2, -0.15) is 31.4 Å². The summed E-state index contributed by atoms with van der Waals surface area (Å²) in [5.74, 6) is -3.32. The number of nitrogens with one attached hydrogen (secondary N) is 1. The van der Waals surface area contributed by atoms with Crippen LogP contribution in [-0.4, -0.2) is 27.3 Å². The van der Waals surface area contributed by atoms with Crippen molar-refractivity contribution in [2.45, 2.75) is 31.6 Å². The Morgan fingerprint density at radius 2 is 1.45 bits per heavy atom. The third-order valence-electron chi connectivity index (χ3n) is 5.86. The number of rotatable bonds is 5. The summed E-state index contributed by atoms with van der Waals surface area (Å²) in [4.78, 5) is 8.75. The maximum atomic E-state index is 14.8. The number of nitrogens with zero attached hydrogens (tertiary/aromatic N) is 3. The van der Waals surface area contributed by atoms with Crippen LogP contribution in [0.1, 0.15) is 36.5 Å². The standard InChI is InChI=1S/C25H18F8N4O/c1-23(2,19-10-12(38-3)9-16(35-19)17-11-20(37-36-17)24(28,29)30)18-6-4-5-15(34-18)13-7-8-14(26)21(22(13)27)25(31,32)33/h4-11H,1-3H3,(H,36,37). The third-order valence-corrected chi connectivity index (χ3v) is 5.86. The van der Waals surface area contributed by atoms with E-state index >= 15 is 0 Å². The average molecular weight is 542 g/mol. The monoisotopic (exact) mass is 542 g/mol. The first-order chi connectivity index (χ1) is 17.6. The molecule has 0 aliphatic rings. The summed E-state index contributed by atoms with van der Waals surface area (Å²) >= 11 is 0. The zero-order valence-corrected chi connectivity index (χ0v) is 19.9. The molecule has 4 rings (SSSR count). The van der Waals surface area contributed by atoms with Gasteiger partial charge in [0.05, 0.1) is 29.9 Å². The maximum absolute atomic E-state index is 14.8. The smallest absolute Gasteiger partial charge is 0.432 e. The first kappa shape index (κ1) is 27.0. The second kappa shape index (κ2) is 9.37. The molecule has 0 saturated heterocycles. The van der Waals surface area contributed by atoms with Crippen LogP contribution in [0, 0.1) is 11.6 Å². The fraction of sp³-hybridized carbons (Fsp3) is 0.240. The van der Waals surface area contributed by atoms with Crippen LogP contribution in [0.25, 0.3) is 22.6 Å². The second-order valence-corrected chi connectivity index (χ2v) is 8.76. The number of aromatic nitrogens is 4. The number of halogens is 8. The molecule has 0 spiro atoms. The Balaban J connectivity index is 1.80. The Hall–Kier alpha value is -4.03. The molecule has 200 valence electrons. The van der Waals surface area contributed by atoms with Crippen molar-refractivity contribution in [1.29, 1.82) is 0 Å². The zero-order valence-electron chi connectivity index (χ0n) is 19.9. The van der Waals surface area contributed by atoms with Gasteiger partial charge >= 0.3 is 12.4 Å². The van der Waals surface area contributed by atoms with Gasteiger partial charge in [-0.25, -0.2) is 13.8 Å². The van der Waals surface area contributed by atoms with Crippen molar-refractivity contribution in [2.75, 3.05) is 7.11 Å². The zero-order chi connectivity index (χ0) is 28.0. The van der Waals surface area contributed by atoms with Gasteiger partial charge in [-0.1, -0.05) is 6.07 Å². The number of pyridine rings is 2. The van der Waals surface area contributed by atoms with Crippen LogP contribution in [0.2, 0.25) is 0 Å². The number of hydrogen-bond acceptors (Lipinski definition) is 4. The normalized spacial score (nSPS) is 12.6. The lowest BCUT2D eigenvalue weighted by Crippen LogP contribution is -2.23. The van der Waals surface area contributed by atoms with Crippen LogP contribution in [0.3, 0.4) is 0 Å². The topological polar surface area (TPSA) is 63.7 Å². The summed E-state index contributed by atoms with van der Waals surface area (Å²) in [7, 11) is 1.34. The van der Waals surface area contributed by atoms with Crippen LogP contribution >= 0.6 is 0 Å². The molecule has 1 aromatic carbocycles. The van der Waals surface area contributed by atoms with Crippen LogP contribution in [0.15, 0.2) is 48.5 Å². The Kier molecular flexibility index (Phi) is 6.66. The molecule has 0 amide bonds. The van der Waals surface area contributed by atoms with Gasteiger partial charge < -0.3 is 4.74 Å². The number of ether oxygens (including phenoxy) is 1. The molecule has 1 N–H and O–H groups in total. The van der Waals surface area contributed by atoms with E-state index < -0.39 is 46.2 Å². The Morgan fingerprint density at radius 3 is 2.05 bits per heavy atom. The van der Waals surface area contributed by atoms with E-state index in [2.05, 4.69) is 15.1 Å². The van der Waals surface area contributed by atoms with Crippen LogP contribution in [0.5, 0.6) is 5.75 Å². The second-order valence-electron chi connectivity index (χ2n) is 8.76. The highest BCUT2D eigenvalue weighted by Crippen LogP contribution is 2.39. The van der Waals surface area contributed by atoms with Crippen LogP contribution in [-0.2, 0) is 17.8 Å². The number of hydrogen-bond donors (Lipinski definition) is 1. The molecule has 0 unspecified atom stereocenters. The number of H-pyrrole nitrogens is 1. The lowest BCUT2D eigenvalue weighted by Gasteiger charge is -2.25. The molecule has 3 aromatic heterocycles. The molecule has 0 radical (unpaired) electrons. The van der Waals surface area contributed by atoms with Crippen molar-refractivity contribution in [2.24, 2.45) is 0 Å². The summed E-state index contributed by atoms with van der Waals surface area (Å²) in [5, 5.41) is 5.59. The summed E-state index contributed by atoms with van der Waals surface area (Å²) in [6.07, 6.45) is -9.92. The van der Waals surface area contributed by atoms with Crippen molar-refractivity contribution in [3.05, 3.63) is 82.8 Å². The number of methoxy groups -OCH3 is 1. The van der Waals surface area contributed by atoms with Gasteiger partial charge in [0, 0.05) is 23.1 Å². The third kappa shape index (κ3) is 5.04. The lowest BCUT2D eigenvalue weighted by molar-refractivity contribution is -0.142. The SMILES string of the molecule is COc1cc(-c2cc(C(F)(F)F)[nH]n2)nc(C(C)(C)c2cccc(-c3ccc(F)c(C(F)(F)F)c3F)n2)c1. The van der Waals surface area contributed by atoms with E-state index in [1.54, 1.807) is 13.8 Å². The summed E-state index contributed by atoms with van der Waals surface area (Å²) < 4.78 is 113. The summed E-state index contributed by atoms with van der Waals surface area (Å²) in [6.45, 7) is 3.30. The highest BCUT2D eigenvalue weighted by atomic mass is 19.4. The summed E-state index contributed by atoms with van der Waals surface area (Å²) in [5.41, 5.74) is -4.52. The van der Waals surface area contributed by atoms with Gasteiger partial charge in [0.25, 0.3) is 0 Å². The van der Waals surface area contributed by atoms with Crippen LogP contribution < -0.4 is 4.74 Å². The highest BCUT2D eigenvalue weighted by molar-refractivity contribution is 5.63. The van der Waals surface area contributed by atoms with E-state index in [1.807, 2.05) is 5.10 Å². The fourth-order valence-corrected chi connectivity index (χ4v) is 3.75. The molecular weight excluding hydrogens is 524 g/mol. The van der Waals surface area contributed by atoms with E-state index in [0.29, 0.717) is 6.07 Å². The fourth-order valence-electron chi connectivity index (χ4n) is 3.75. The van der Waals surface area contributed by atoms with Gasteiger partial charge in [0.1, 0.15) is 34.3 Å². The predicted molar refractivity (Wildman–Crippen MR) is 120 cm³/mol. The molecule has 13 heteroatoms. The molecule has 0 saturated carbocycles.